The van der Waals surface area contributed by atoms with Crippen molar-refractivity contribution in [3.63, 3.8) is 0 Å². The summed E-state index contributed by atoms with van der Waals surface area (Å²) in [5.41, 5.74) is 3.56. The first kappa shape index (κ1) is 27.9. The van der Waals surface area contributed by atoms with Crippen molar-refractivity contribution >= 4 is 34.1 Å². The molecule has 0 saturated carbocycles. The van der Waals surface area contributed by atoms with E-state index in [0.717, 1.165) is 15.8 Å². The summed E-state index contributed by atoms with van der Waals surface area (Å²) in [6, 6.07) is 17.9. The molecule has 39 heavy (non-hydrogen) atoms. The average molecular weight is 566 g/mol. The van der Waals surface area contributed by atoms with Crippen molar-refractivity contribution in [2.24, 2.45) is 0 Å². The lowest BCUT2D eigenvalue weighted by Gasteiger charge is -2.38. The van der Waals surface area contributed by atoms with Gasteiger partial charge in [-0.05, 0) is 18.2 Å². The summed E-state index contributed by atoms with van der Waals surface area (Å²) in [7, 11) is 0. The van der Waals surface area contributed by atoms with E-state index in [0.29, 0.717) is 11.1 Å². The molecule has 1 saturated heterocycles. The van der Waals surface area contributed by atoms with Gasteiger partial charge in [-0.15, -0.1) is 11.3 Å². The molecule has 5 rings (SSSR count). The van der Waals surface area contributed by atoms with E-state index < -0.39 is 30.6 Å². The number of ether oxygens (including phenoxy) is 1. The molecule has 0 aliphatic carbocycles. The first-order valence-corrected chi connectivity index (χ1v) is 12.3. The summed E-state index contributed by atoms with van der Waals surface area (Å²) in [6.45, 7) is -0.273. The van der Waals surface area contributed by atoms with Gasteiger partial charge in [0.15, 0.2) is 6.10 Å². The van der Waals surface area contributed by atoms with Crippen LogP contribution in [-0.2, 0) is 4.79 Å². The van der Waals surface area contributed by atoms with E-state index in [2.05, 4.69) is 9.97 Å². The maximum atomic E-state index is 14.7. The first-order valence-electron chi connectivity index (χ1n) is 11.4. The Kier molecular flexibility index (Phi) is 8.09. The molecule has 1 fully saturated rings. The number of aromatic nitrogens is 2. The number of piperidine rings is 1. The van der Waals surface area contributed by atoms with Crippen LogP contribution in [0.2, 0.25) is 0 Å². The molecule has 0 radical (unpaired) electrons. The predicted molar refractivity (Wildman–Crippen MR) is 133 cm³/mol. The maximum Gasteiger partial charge on any atom is 0.490 e. The van der Waals surface area contributed by atoms with E-state index in [1.807, 2.05) is 30.3 Å². The molecule has 0 spiro atoms. The van der Waals surface area contributed by atoms with Gasteiger partial charge in [-0.3, -0.25) is 9.78 Å². The number of aliphatic carboxylic acids is 1. The smallest absolute Gasteiger partial charge is 0.475 e. The van der Waals surface area contributed by atoms with E-state index >= 15 is 0 Å². The molecule has 4 aromatic rings. The highest BCUT2D eigenvalue weighted by molar-refractivity contribution is 7.13. The van der Waals surface area contributed by atoms with Crippen LogP contribution in [-0.4, -0.2) is 63.1 Å². The van der Waals surface area contributed by atoms with Crippen LogP contribution < -0.4 is 4.74 Å². The molecular weight excluding hydrogens is 545 g/mol. The number of thiazole rings is 1. The summed E-state index contributed by atoms with van der Waals surface area (Å²) in [5, 5.41) is 8.02. The minimum absolute atomic E-state index is 0.0478. The molecule has 1 atom stereocenters. The molecule has 0 bridgehead atoms. The monoisotopic (exact) mass is 565 g/mol. The van der Waals surface area contributed by atoms with Gasteiger partial charge in [-0.1, -0.05) is 36.4 Å². The number of hydrogen-bond donors (Lipinski definition) is 1. The van der Waals surface area contributed by atoms with Crippen LogP contribution in [0.3, 0.4) is 0 Å². The number of pyridine rings is 1. The van der Waals surface area contributed by atoms with Crippen molar-refractivity contribution in [2.75, 3.05) is 13.1 Å². The second-order valence-corrected chi connectivity index (χ2v) is 9.31. The fourth-order valence-corrected chi connectivity index (χ4v) is 4.50. The Morgan fingerprint density at radius 1 is 1.05 bits per heavy atom. The molecule has 204 valence electrons. The van der Waals surface area contributed by atoms with Crippen molar-refractivity contribution in [3.8, 4) is 16.3 Å². The highest BCUT2D eigenvalue weighted by Crippen LogP contribution is 2.34. The zero-order chi connectivity index (χ0) is 28.2. The number of hydrogen-bond acceptors (Lipinski definition) is 6. The molecule has 2 aromatic heterocycles. The quantitative estimate of drug-likeness (QED) is 0.309. The van der Waals surface area contributed by atoms with Crippen LogP contribution in [0, 0.1) is 0 Å². The molecule has 1 aliphatic rings. The van der Waals surface area contributed by atoms with Crippen molar-refractivity contribution in [1.82, 2.24) is 14.9 Å². The molecule has 1 unspecified atom stereocenters. The number of benzene rings is 2. The van der Waals surface area contributed by atoms with Crippen LogP contribution in [0.5, 0.6) is 5.88 Å². The lowest BCUT2D eigenvalue weighted by atomic mass is 10.0. The van der Waals surface area contributed by atoms with Gasteiger partial charge in [-0.2, -0.15) is 13.2 Å². The summed E-state index contributed by atoms with van der Waals surface area (Å²) in [5.74, 6) is -6.01. The van der Waals surface area contributed by atoms with Gasteiger partial charge >= 0.3 is 12.1 Å². The molecular formula is C26H20F5N3O4S. The van der Waals surface area contributed by atoms with Gasteiger partial charge in [-0.25, -0.2) is 18.6 Å². The van der Waals surface area contributed by atoms with E-state index in [1.54, 1.807) is 42.0 Å². The van der Waals surface area contributed by atoms with Gasteiger partial charge in [0.1, 0.15) is 0 Å². The number of fused-ring (bicyclic) bond motifs is 1. The largest absolute Gasteiger partial charge is 0.490 e. The first-order chi connectivity index (χ1) is 18.5. The maximum absolute atomic E-state index is 14.7. The third kappa shape index (κ3) is 6.66. The van der Waals surface area contributed by atoms with Crippen molar-refractivity contribution in [3.05, 3.63) is 77.9 Å². The Balaban J connectivity index is 0.000000448. The molecule has 1 amide bonds. The van der Waals surface area contributed by atoms with Crippen LogP contribution in [0.25, 0.3) is 21.3 Å². The Hall–Kier alpha value is -4.13. The second kappa shape index (κ2) is 11.3. The number of carbonyl (C=O) groups excluding carboxylic acids is 1. The SMILES string of the molecule is O=C(O)C(F)(F)F.O=C(c1ccccc1-c1cncs1)N1CCC(F)(F)C(Oc2ccc3ccccc3n2)C1. The Morgan fingerprint density at radius 3 is 2.44 bits per heavy atom. The highest BCUT2D eigenvalue weighted by Gasteiger charge is 2.47. The number of para-hydroxylation sites is 1. The normalized spacial score (nSPS) is 16.7. The van der Waals surface area contributed by atoms with Crippen LogP contribution in [0.15, 0.2) is 72.4 Å². The van der Waals surface area contributed by atoms with Crippen LogP contribution in [0.4, 0.5) is 22.0 Å². The van der Waals surface area contributed by atoms with Crippen LogP contribution in [0.1, 0.15) is 16.8 Å². The van der Waals surface area contributed by atoms with E-state index in [9.17, 15) is 26.7 Å². The average Bonchev–Trinajstić information content (AvgIpc) is 3.44. The van der Waals surface area contributed by atoms with Crippen molar-refractivity contribution in [2.45, 2.75) is 24.6 Å². The van der Waals surface area contributed by atoms with Gasteiger partial charge in [0, 0.05) is 41.7 Å². The Morgan fingerprint density at radius 2 is 1.74 bits per heavy atom. The third-order valence-electron chi connectivity index (χ3n) is 5.79. The van der Waals surface area contributed by atoms with E-state index in [-0.39, 0.29) is 24.9 Å². The molecule has 3 heterocycles. The predicted octanol–water partition coefficient (Wildman–Crippen LogP) is 5.92. The molecule has 1 aliphatic heterocycles. The molecule has 2 aromatic carbocycles. The summed E-state index contributed by atoms with van der Waals surface area (Å²) >= 11 is 1.42. The number of halogens is 5. The number of alkyl halides is 5. The Labute approximate surface area is 222 Å². The Bertz CT molecular complexity index is 1460. The van der Waals surface area contributed by atoms with Crippen molar-refractivity contribution in [1.29, 1.82) is 0 Å². The summed E-state index contributed by atoms with van der Waals surface area (Å²) < 4.78 is 66.8. The standard InChI is InChI=1S/C24H19F2N3O2S.C2HF3O2/c25-24(26)11-12-29(23(30)18-7-3-2-6-17(18)20-13-27-15-32-20)14-21(24)31-22-10-9-16-5-1-4-8-19(16)28-22;3-2(4,5)1(6)7/h1-10,13,15,21H,11-12,14H2;(H,6,7). The third-order valence-corrected chi connectivity index (χ3v) is 6.60. The van der Waals surface area contributed by atoms with Gasteiger partial charge in [0.2, 0.25) is 5.88 Å². The minimum atomic E-state index is -5.08. The number of carboxylic acids is 1. The zero-order valence-electron chi connectivity index (χ0n) is 19.9. The van der Waals surface area contributed by atoms with Crippen molar-refractivity contribution < 1.29 is 41.4 Å². The van der Waals surface area contributed by atoms with E-state index in [4.69, 9.17) is 14.6 Å². The van der Waals surface area contributed by atoms with Crippen LogP contribution >= 0.6 is 11.3 Å². The number of rotatable bonds is 4. The fourth-order valence-electron chi connectivity index (χ4n) is 3.84. The molecule has 13 heteroatoms. The topological polar surface area (TPSA) is 92.6 Å². The van der Waals surface area contributed by atoms with Gasteiger partial charge in [0.05, 0.1) is 22.4 Å². The summed E-state index contributed by atoms with van der Waals surface area (Å²) in [6.07, 6.45) is -5.34. The molecule has 7 nitrogen and oxygen atoms in total. The lowest BCUT2D eigenvalue weighted by Crippen LogP contribution is -2.55. The summed E-state index contributed by atoms with van der Waals surface area (Å²) in [4.78, 5) is 32.9. The number of carbonyl (C=O) groups is 2. The van der Waals surface area contributed by atoms with Gasteiger partial charge < -0.3 is 14.7 Å². The second-order valence-electron chi connectivity index (χ2n) is 8.43. The lowest BCUT2D eigenvalue weighted by molar-refractivity contribution is -0.192. The minimum Gasteiger partial charge on any atom is -0.475 e. The van der Waals surface area contributed by atoms with Gasteiger partial charge in [0.25, 0.3) is 11.8 Å². The zero-order valence-corrected chi connectivity index (χ0v) is 20.8. The fraction of sp³-hybridized carbons (Fsp3) is 0.231. The van der Waals surface area contributed by atoms with E-state index in [1.165, 1.54) is 16.2 Å². The number of amides is 1. The number of likely N-dealkylation sites (tertiary alicyclic amines) is 1. The number of nitrogens with zero attached hydrogens (tertiary/aromatic N) is 3. The molecule has 1 N–H and O–H groups in total. The highest BCUT2D eigenvalue weighted by atomic mass is 32.1. The number of carboxylic acid groups (broad SMARTS) is 1.